The van der Waals surface area contributed by atoms with Crippen LogP contribution in [0, 0.1) is 6.92 Å². The number of hydrogen-bond acceptors (Lipinski definition) is 3. The highest BCUT2D eigenvalue weighted by Crippen LogP contribution is 2.33. The predicted octanol–water partition coefficient (Wildman–Crippen LogP) is 4.44. The summed E-state index contributed by atoms with van der Waals surface area (Å²) in [6.07, 6.45) is -4.59. The Morgan fingerprint density at radius 2 is 1.65 bits per heavy atom. The van der Waals surface area contributed by atoms with Crippen LogP contribution in [0.15, 0.2) is 59.5 Å². The highest BCUT2D eigenvalue weighted by molar-refractivity contribution is 8.29. The van der Waals surface area contributed by atoms with Crippen LogP contribution in [0.2, 0.25) is 0 Å². The second kappa shape index (κ2) is 6.49. The minimum atomic E-state index is -4.59. The first-order valence-electron chi connectivity index (χ1n) is 7.38. The fraction of sp³-hybridized carbons (Fsp3) is 0.118. The molecule has 4 nitrogen and oxygen atoms in total. The van der Waals surface area contributed by atoms with Gasteiger partial charge >= 0.3 is 6.18 Å². The number of hydrogen-bond donors (Lipinski definition) is 1. The smallest absolute Gasteiger partial charge is 0.302 e. The van der Waals surface area contributed by atoms with Crippen LogP contribution in [0.5, 0.6) is 0 Å². The maximum Gasteiger partial charge on any atom is 0.435 e. The third-order valence-corrected chi connectivity index (χ3v) is 5.17. The molecule has 1 atom stereocenters. The molecule has 9 heteroatoms. The molecule has 3 aromatic rings. The zero-order chi connectivity index (χ0) is 19.1. The molecule has 0 amide bonds. The van der Waals surface area contributed by atoms with Gasteiger partial charge in [0.1, 0.15) is 0 Å². The maximum absolute atomic E-state index is 13.1. The van der Waals surface area contributed by atoms with Crippen molar-refractivity contribution in [2.24, 2.45) is 0 Å². The molecule has 0 aliphatic carbocycles. The van der Waals surface area contributed by atoms with Crippen LogP contribution in [0.3, 0.4) is 0 Å². The summed E-state index contributed by atoms with van der Waals surface area (Å²) in [4.78, 5) is 0.0105. The van der Waals surface area contributed by atoms with Gasteiger partial charge in [0.05, 0.1) is 16.3 Å². The minimum absolute atomic E-state index is 0.0105. The summed E-state index contributed by atoms with van der Waals surface area (Å²) in [5, 5.41) is 3.67. The van der Waals surface area contributed by atoms with Crippen LogP contribution in [0.1, 0.15) is 11.3 Å². The largest absolute Gasteiger partial charge is 0.435 e. The summed E-state index contributed by atoms with van der Waals surface area (Å²) in [6.45, 7) is 1.88. The van der Waals surface area contributed by atoms with Gasteiger partial charge in [-0.25, -0.2) is 8.89 Å². The van der Waals surface area contributed by atoms with Gasteiger partial charge in [0, 0.05) is 16.8 Å². The molecule has 0 saturated heterocycles. The van der Waals surface area contributed by atoms with Crippen LogP contribution in [-0.4, -0.2) is 18.5 Å². The monoisotopic (exact) mass is 398 g/mol. The summed E-state index contributed by atoms with van der Waals surface area (Å²) >= 11 is 4.49. The zero-order valence-electron chi connectivity index (χ0n) is 13.4. The molecule has 0 bridgehead atoms. The van der Waals surface area contributed by atoms with Crippen LogP contribution in [-0.2, 0) is 26.1 Å². The first kappa shape index (κ1) is 18.6. The lowest BCUT2D eigenvalue weighted by atomic mass is 10.1. The summed E-state index contributed by atoms with van der Waals surface area (Å²) in [7, 11) is -3.56. The minimum Gasteiger partial charge on any atom is -0.302 e. The topological polar surface area (TPSA) is 55.1 Å². The summed E-state index contributed by atoms with van der Waals surface area (Å²) in [6, 6.07) is 13.4. The molecule has 1 N–H and O–H groups in total. The van der Waals surface area contributed by atoms with Crippen molar-refractivity contribution in [3.05, 3.63) is 65.9 Å². The van der Waals surface area contributed by atoms with E-state index >= 15 is 0 Å². The van der Waals surface area contributed by atoms with E-state index in [-0.39, 0.29) is 10.6 Å². The molecule has 1 aromatic heterocycles. The number of aryl methyl sites for hydroxylation is 1. The van der Waals surface area contributed by atoms with Crippen molar-refractivity contribution in [3.8, 4) is 16.9 Å². The molecule has 26 heavy (non-hydrogen) atoms. The van der Waals surface area contributed by atoms with Crippen LogP contribution >= 0.6 is 0 Å². The number of nitrogens with zero attached hydrogens (tertiary/aromatic N) is 2. The van der Waals surface area contributed by atoms with Crippen molar-refractivity contribution < 1.29 is 21.9 Å². The molecule has 0 radical (unpaired) electrons. The Balaban J connectivity index is 2.16. The number of benzene rings is 2. The Kier molecular flexibility index (Phi) is 4.63. The fourth-order valence-corrected chi connectivity index (χ4v) is 3.22. The molecule has 3 rings (SSSR count). The molecule has 0 aliphatic heterocycles. The van der Waals surface area contributed by atoms with E-state index in [2.05, 4.69) is 16.3 Å². The highest BCUT2D eigenvalue weighted by Gasteiger charge is 2.35. The van der Waals surface area contributed by atoms with E-state index in [0.717, 1.165) is 16.3 Å². The Morgan fingerprint density at radius 3 is 2.15 bits per heavy atom. The third kappa shape index (κ3) is 3.79. The molecule has 0 aliphatic rings. The predicted molar refractivity (Wildman–Crippen MR) is 95.1 cm³/mol. The van der Waals surface area contributed by atoms with Crippen molar-refractivity contribution in [1.29, 1.82) is 0 Å². The lowest BCUT2D eigenvalue weighted by Crippen LogP contribution is -2.07. The van der Waals surface area contributed by atoms with Gasteiger partial charge in [-0.3, -0.25) is 0 Å². The second-order valence-electron chi connectivity index (χ2n) is 5.66. The van der Waals surface area contributed by atoms with Gasteiger partial charge in [0.25, 0.3) is 0 Å². The van der Waals surface area contributed by atoms with E-state index in [0.29, 0.717) is 11.3 Å². The molecular formula is C17H13F3N2O2S2. The van der Waals surface area contributed by atoms with Crippen molar-refractivity contribution in [2.75, 3.05) is 0 Å². The summed E-state index contributed by atoms with van der Waals surface area (Å²) in [5.41, 5.74) is 1.10. The van der Waals surface area contributed by atoms with Crippen molar-refractivity contribution in [1.82, 2.24) is 9.78 Å². The SMILES string of the molecule is Cc1ccc(-c2cc(C(F)(F)F)nn2-c2ccc(S(=O)(O)=S)cc2)cc1. The Hall–Kier alpha value is -2.23. The van der Waals surface area contributed by atoms with Crippen LogP contribution < -0.4 is 0 Å². The summed E-state index contributed by atoms with van der Waals surface area (Å²) < 4.78 is 61.4. The lowest BCUT2D eigenvalue weighted by molar-refractivity contribution is -0.141. The molecule has 1 unspecified atom stereocenters. The van der Waals surface area contributed by atoms with Gasteiger partial charge in [-0.2, -0.15) is 18.3 Å². The van der Waals surface area contributed by atoms with Gasteiger partial charge < -0.3 is 4.55 Å². The van der Waals surface area contributed by atoms with Crippen LogP contribution in [0.25, 0.3) is 16.9 Å². The van der Waals surface area contributed by atoms with E-state index < -0.39 is 20.6 Å². The van der Waals surface area contributed by atoms with Gasteiger partial charge in [-0.05, 0) is 37.3 Å². The molecular weight excluding hydrogens is 385 g/mol. The first-order chi connectivity index (χ1) is 12.1. The highest BCUT2D eigenvalue weighted by atomic mass is 32.8. The average molecular weight is 398 g/mol. The summed E-state index contributed by atoms with van der Waals surface area (Å²) in [5.74, 6) is 0. The van der Waals surface area contributed by atoms with Crippen molar-refractivity contribution >= 4 is 20.0 Å². The molecule has 0 spiro atoms. The Bertz CT molecular complexity index is 1040. The van der Waals surface area contributed by atoms with Gasteiger partial charge in [0.2, 0.25) is 0 Å². The zero-order valence-corrected chi connectivity index (χ0v) is 15.0. The molecule has 1 heterocycles. The van der Waals surface area contributed by atoms with E-state index in [1.807, 2.05) is 6.92 Å². The van der Waals surface area contributed by atoms with Gasteiger partial charge in [-0.15, -0.1) is 0 Å². The fourth-order valence-electron chi connectivity index (χ4n) is 2.41. The molecule has 2 aromatic carbocycles. The van der Waals surface area contributed by atoms with Crippen molar-refractivity contribution in [3.63, 3.8) is 0 Å². The Morgan fingerprint density at radius 1 is 1.08 bits per heavy atom. The van der Waals surface area contributed by atoms with E-state index in [9.17, 15) is 21.9 Å². The second-order valence-corrected chi connectivity index (χ2v) is 8.44. The maximum atomic E-state index is 13.1. The van der Waals surface area contributed by atoms with E-state index in [1.165, 1.54) is 24.3 Å². The lowest BCUT2D eigenvalue weighted by Gasteiger charge is -2.09. The van der Waals surface area contributed by atoms with E-state index in [4.69, 9.17) is 0 Å². The number of rotatable bonds is 3. The quantitative estimate of drug-likeness (QED) is 0.709. The van der Waals surface area contributed by atoms with Crippen molar-refractivity contribution in [2.45, 2.75) is 18.0 Å². The van der Waals surface area contributed by atoms with E-state index in [1.54, 1.807) is 24.3 Å². The standard InChI is InChI=1S/C17H13F3N2O2S2/c1-11-2-4-12(5-3-11)15-10-16(17(18,19)20)21-22(15)13-6-8-14(9-7-13)26(23,24)25/h2-10H,1H3,(H,23,24,25). The molecule has 0 saturated carbocycles. The molecule has 0 fully saturated rings. The normalized spacial score (nSPS) is 14.2. The Labute approximate surface area is 152 Å². The number of alkyl halides is 3. The number of halogens is 3. The first-order valence-corrected chi connectivity index (χ1v) is 9.82. The van der Waals surface area contributed by atoms with Gasteiger partial charge in [0.15, 0.2) is 14.5 Å². The molecule has 136 valence electrons. The number of aromatic nitrogens is 2. The third-order valence-electron chi connectivity index (χ3n) is 3.73. The van der Waals surface area contributed by atoms with Crippen LogP contribution in [0.4, 0.5) is 13.2 Å². The average Bonchev–Trinajstić information content (AvgIpc) is 3.00. The van der Waals surface area contributed by atoms with Gasteiger partial charge in [-0.1, -0.05) is 29.8 Å².